The van der Waals surface area contributed by atoms with Crippen molar-refractivity contribution in [2.75, 3.05) is 33.3 Å². The van der Waals surface area contributed by atoms with Gasteiger partial charge >= 0.3 is 0 Å². The first kappa shape index (κ1) is 18.0. The summed E-state index contributed by atoms with van der Waals surface area (Å²) < 4.78 is 5.12. The van der Waals surface area contributed by atoms with Gasteiger partial charge in [0, 0.05) is 31.7 Å². The third-order valence-corrected chi connectivity index (χ3v) is 4.73. The Morgan fingerprint density at radius 3 is 2.04 bits per heavy atom. The summed E-state index contributed by atoms with van der Waals surface area (Å²) in [5, 5.41) is 0. The molecule has 0 radical (unpaired) electrons. The van der Waals surface area contributed by atoms with E-state index in [-0.39, 0.29) is 11.8 Å². The molecule has 0 aliphatic carbocycles. The van der Waals surface area contributed by atoms with Crippen LogP contribution in [0.4, 0.5) is 0 Å². The van der Waals surface area contributed by atoms with Crippen molar-refractivity contribution in [2.45, 2.75) is 13.3 Å². The quantitative estimate of drug-likeness (QED) is 0.850. The summed E-state index contributed by atoms with van der Waals surface area (Å²) in [6.45, 7) is 4.30. The van der Waals surface area contributed by atoms with E-state index in [1.54, 1.807) is 36.3 Å². The van der Waals surface area contributed by atoms with Gasteiger partial charge in [-0.3, -0.25) is 9.59 Å². The van der Waals surface area contributed by atoms with Crippen molar-refractivity contribution in [2.24, 2.45) is 0 Å². The van der Waals surface area contributed by atoms with Crippen LogP contribution in [0, 0.1) is 6.92 Å². The molecule has 0 bridgehead atoms. The highest BCUT2D eigenvalue weighted by Crippen LogP contribution is 2.15. The highest BCUT2D eigenvalue weighted by Gasteiger charge is 2.24. The van der Waals surface area contributed by atoms with E-state index in [0.717, 1.165) is 11.3 Å². The minimum Gasteiger partial charge on any atom is -0.497 e. The number of ether oxygens (including phenoxy) is 1. The second-order valence-electron chi connectivity index (χ2n) is 6.56. The lowest BCUT2D eigenvalue weighted by molar-refractivity contribution is -0.131. The molecule has 1 heterocycles. The van der Waals surface area contributed by atoms with Gasteiger partial charge in [0.05, 0.1) is 13.5 Å². The fourth-order valence-corrected chi connectivity index (χ4v) is 3.07. The Bertz CT molecular complexity index is 761. The Hall–Kier alpha value is -2.82. The number of piperazine rings is 1. The van der Waals surface area contributed by atoms with Crippen LogP contribution in [0.2, 0.25) is 0 Å². The summed E-state index contributed by atoms with van der Waals surface area (Å²) in [5.74, 6) is 0.844. The first-order chi connectivity index (χ1) is 12.6. The summed E-state index contributed by atoms with van der Waals surface area (Å²) in [6.07, 6.45) is 0.409. The molecule has 1 aliphatic heterocycles. The SMILES string of the molecule is COc1ccc(C(=O)N2CCN(C(=O)Cc3ccc(C)cc3)CC2)cc1. The van der Waals surface area contributed by atoms with Crippen LogP contribution in [0.15, 0.2) is 48.5 Å². The molecule has 2 amide bonds. The molecule has 2 aromatic rings. The zero-order chi connectivity index (χ0) is 18.5. The van der Waals surface area contributed by atoms with Crippen molar-refractivity contribution in [3.63, 3.8) is 0 Å². The number of amides is 2. The van der Waals surface area contributed by atoms with Crippen LogP contribution in [0.25, 0.3) is 0 Å². The van der Waals surface area contributed by atoms with Crippen LogP contribution in [0.3, 0.4) is 0 Å². The molecule has 0 aromatic heterocycles. The van der Waals surface area contributed by atoms with Crippen LogP contribution < -0.4 is 4.74 Å². The molecule has 26 heavy (non-hydrogen) atoms. The summed E-state index contributed by atoms with van der Waals surface area (Å²) in [7, 11) is 1.60. The van der Waals surface area contributed by atoms with E-state index in [0.29, 0.717) is 38.2 Å². The van der Waals surface area contributed by atoms with Crippen molar-refractivity contribution in [1.29, 1.82) is 0 Å². The first-order valence-electron chi connectivity index (χ1n) is 8.83. The van der Waals surface area contributed by atoms with Gasteiger partial charge in [-0.15, -0.1) is 0 Å². The average molecular weight is 352 g/mol. The smallest absolute Gasteiger partial charge is 0.253 e. The van der Waals surface area contributed by atoms with Gasteiger partial charge in [0.25, 0.3) is 5.91 Å². The minimum absolute atomic E-state index is 0.00159. The number of nitrogens with zero attached hydrogens (tertiary/aromatic N) is 2. The van der Waals surface area contributed by atoms with Crippen molar-refractivity contribution >= 4 is 11.8 Å². The van der Waals surface area contributed by atoms with Crippen LogP contribution in [-0.2, 0) is 11.2 Å². The van der Waals surface area contributed by atoms with E-state index in [1.165, 1.54) is 5.56 Å². The summed E-state index contributed by atoms with van der Waals surface area (Å²) >= 11 is 0. The number of carbonyl (C=O) groups excluding carboxylic acids is 2. The zero-order valence-corrected chi connectivity index (χ0v) is 15.3. The molecule has 1 aliphatic rings. The largest absolute Gasteiger partial charge is 0.497 e. The van der Waals surface area contributed by atoms with Crippen LogP contribution in [0.5, 0.6) is 5.75 Å². The molecule has 3 rings (SSSR count). The van der Waals surface area contributed by atoms with E-state index in [1.807, 2.05) is 36.1 Å². The van der Waals surface area contributed by atoms with Gasteiger partial charge in [-0.1, -0.05) is 29.8 Å². The van der Waals surface area contributed by atoms with E-state index in [4.69, 9.17) is 4.74 Å². The Kier molecular flexibility index (Phi) is 5.56. The summed E-state index contributed by atoms with van der Waals surface area (Å²) in [4.78, 5) is 28.7. The number of carbonyl (C=O) groups is 2. The van der Waals surface area contributed by atoms with Gasteiger partial charge in [0.15, 0.2) is 0 Å². The monoisotopic (exact) mass is 352 g/mol. The Morgan fingerprint density at radius 1 is 0.885 bits per heavy atom. The predicted molar refractivity (Wildman–Crippen MR) is 100 cm³/mol. The summed E-state index contributed by atoms with van der Waals surface area (Å²) in [6, 6.07) is 15.2. The van der Waals surface area contributed by atoms with Gasteiger partial charge in [-0.05, 0) is 36.8 Å². The fourth-order valence-electron chi connectivity index (χ4n) is 3.07. The van der Waals surface area contributed by atoms with Gasteiger partial charge in [-0.2, -0.15) is 0 Å². The van der Waals surface area contributed by atoms with Crippen molar-refractivity contribution in [3.8, 4) is 5.75 Å². The molecule has 1 fully saturated rings. The molecular weight excluding hydrogens is 328 g/mol. The van der Waals surface area contributed by atoms with Crippen molar-refractivity contribution in [1.82, 2.24) is 9.80 Å². The van der Waals surface area contributed by atoms with Gasteiger partial charge in [0.1, 0.15) is 5.75 Å². The molecule has 5 nitrogen and oxygen atoms in total. The first-order valence-corrected chi connectivity index (χ1v) is 8.83. The molecular formula is C21H24N2O3. The highest BCUT2D eigenvalue weighted by molar-refractivity contribution is 5.94. The standard InChI is InChI=1S/C21H24N2O3/c1-16-3-5-17(6-4-16)15-20(24)22-11-13-23(14-12-22)21(25)18-7-9-19(26-2)10-8-18/h3-10H,11-15H2,1-2H3. The molecule has 136 valence electrons. The number of rotatable bonds is 4. The molecule has 0 saturated carbocycles. The molecule has 0 atom stereocenters. The normalized spacial score (nSPS) is 14.2. The lowest BCUT2D eigenvalue weighted by Gasteiger charge is -2.35. The molecule has 0 N–H and O–H groups in total. The fraction of sp³-hybridized carbons (Fsp3) is 0.333. The van der Waals surface area contributed by atoms with E-state index in [2.05, 4.69) is 0 Å². The second kappa shape index (κ2) is 8.04. The third kappa shape index (κ3) is 4.23. The number of benzene rings is 2. The Labute approximate surface area is 154 Å². The maximum atomic E-state index is 12.6. The zero-order valence-electron chi connectivity index (χ0n) is 15.3. The van der Waals surface area contributed by atoms with E-state index < -0.39 is 0 Å². The average Bonchev–Trinajstić information content (AvgIpc) is 2.69. The second-order valence-corrected chi connectivity index (χ2v) is 6.56. The molecule has 5 heteroatoms. The number of hydrogen-bond donors (Lipinski definition) is 0. The third-order valence-electron chi connectivity index (χ3n) is 4.73. The van der Waals surface area contributed by atoms with E-state index >= 15 is 0 Å². The number of methoxy groups -OCH3 is 1. The highest BCUT2D eigenvalue weighted by atomic mass is 16.5. The lowest BCUT2D eigenvalue weighted by atomic mass is 10.1. The van der Waals surface area contributed by atoms with Crippen LogP contribution in [-0.4, -0.2) is 54.9 Å². The van der Waals surface area contributed by atoms with Gasteiger partial charge < -0.3 is 14.5 Å². The maximum Gasteiger partial charge on any atom is 0.253 e. The van der Waals surface area contributed by atoms with Gasteiger partial charge in [-0.25, -0.2) is 0 Å². The number of hydrogen-bond acceptors (Lipinski definition) is 3. The topological polar surface area (TPSA) is 49.9 Å². The molecule has 0 unspecified atom stereocenters. The lowest BCUT2D eigenvalue weighted by Crippen LogP contribution is -2.51. The molecule has 0 spiro atoms. The van der Waals surface area contributed by atoms with Crippen LogP contribution >= 0.6 is 0 Å². The number of aryl methyl sites for hydroxylation is 1. The molecule has 1 saturated heterocycles. The van der Waals surface area contributed by atoms with Crippen molar-refractivity contribution in [3.05, 3.63) is 65.2 Å². The molecule has 2 aromatic carbocycles. The summed E-state index contributed by atoms with van der Waals surface area (Å²) in [5.41, 5.74) is 2.86. The van der Waals surface area contributed by atoms with Crippen molar-refractivity contribution < 1.29 is 14.3 Å². The predicted octanol–water partition coefficient (Wildman–Crippen LogP) is 2.53. The Balaban J connectivity index is 1.53. The van der Waals surface area contributed by atoms with Gasteiger partial charge in [0.2, 0.25) is 5.91 Å². The maximum absolute atomic E-state index is 12.6. The van der Waals surface area contributed by atoms with E-state index in [9.17, 15) is 9.59 Å². The van der Waals surface area contributed by atoms with Crippen LogP contribution in [0.1, 0.15) is 21.5 Å². The Morgan fingerprint density at radius 2 is 1.46 bits per heavy atom. The minimum atomic E-state index is -0.00159.